The van der Waals surface area contributed by atoms with Crippen LogP contribution in [0.4, 0.5) is 31.5 Å². The minimum Gasteiger partial charge on any atom is -0.375 e. The number of benzene rings is 1. The highest BCUT2D eigenvalue weighted by Crippen LogP contribution is 2.35. The second kappa shape index (κ2) is 6.07. The van der Waals surface area contributed by atoms with Crippen molar-refractivity contribution in [3.8, 4) is 0 Å². The maximum absolute atomic E-state index is 13.0. The molecular weight excluding hydrogens is 348 g/mol. The number of anilines is 1. The van der Waals surface area contributed by atoms with Gasteiger partial charge in [-0.05, 0) is 17.7 Å². The van der Waals surface area contributed by atoms with E-state index in [0.717, 1.165) is 0 Å². The molecule has 0 aliphatic heterocycles. The number of carbonyl (C=O) groups is 1. The number of nitrogens with one attached hydrogen (secondary N) is 1. The number of hydrogen-bond donors (Lipinski definition) is 2. The molecule has 23 heavy (non-hydrogen) atoms. The van der Waals surface area contributed by atoms with E-state index in [1.807, 2.05) is 5.32 Å². The van der Waals surface area contributed by atoms with Crippen LogP contribution in [-0.2, 0) is 12.7 Å². The van der Waals surface area contributed by atoms with Gasteiger partial charge in [-0.2, -0.15) is 13.2 Å². The standard InChI is InChI=1S/C12H7F6N3OS/c13-5-1-4(2-6(14)7(5)15)3-20-10(22)8-9(12(16,17)18)21-11(19)23-8/h1-2H,3H2,(H2,19,21)(H,20,22). The predicted octanol–water partition coefficient (Wildman–Crippen LogP) is 3.09. The highest BCUT2D eigenvalue weighted by Gasteiger charge is 2.39. The number of hydrogen-bond acceptors (Lipinski definition) is 4. The van der Waals surface area contributed by atoms with Crippen LogP contribution < -0.4 is 11.1 Å². The molecule has 1 amide bonds. The first kappa shape index (κ1) is 17.1. The number of nitrogens with two attached hydrogens (primary N) is 1. The molecule has 0 aliphatic carbocycles. The quantitative estimate of drug-likeness (QED) is 0.657. The molecular formula is C12H7F6N3OS. The first-order valence-electron chi connectivity index (χ1n) is 5.84. The summed E-state index contributed by atoms with van der Waals surface area (Å²) < 4.78 is 76.9. The Morgan fingerprint density at radius 2 is 1.78 bits per heavy atom. The number of aromatic nitrogens is 1. The fourth-order valence-corrected chi connectivity index (χ4v) is 2.42. The highest BCUT2D eigenvalue weighted by molar-refractivity contribution is 7.17. The Bertz CT molecular complexity index is 735. The van der Waals surface area contributed by atoms with E-state index in [4.69, 9.17) is 5.73 Å². The van der Waals surface area contributed by atoms with E-state index in [2.05, 4.69) is 4.98 Å². The predicted molar refractivity (Wildman–Crippen MR) is 69.0 cm³/mol. The van der Waals surface area contributed by atoms with Crippen molar-refractivity contribution in [2.75, 3.05) is 5.73 Å². The van der Waals surface area contributed by atoms with Gasteiger partial charge in [0.2, 0.25) is 0 Å². The van der Waals surface area contributed by atoms with E-state index >= 15 is 0 Å². The number of nitrogens with zero attached hydrogens (tertiary/aromatic N) is 1. The second-order valence-corrected chi connectivity index (χ2v) is 5.31. The summed E-state index contributed by atoms with van der Waals surface area (Å²) in [6, 6.07) is 1.23. The number of nitrogen functional groups attached to an aromatic ring is 1. The summed E-state index contributed by atoms with van der Waals surface area (Å²) in [6.07, 6.45) is -4.88. The lowest BCUT2D eigenvalue weighted by Crippen LogP contribution is -2.25. The molecule has 0 unspecified atom stereocenters. The van der Waals surface area contributed by atoms with E-state index in [-0.39, 0.29) is 5.56 Å². The normalized spacial score (nSPS) is 11.6. The van der Waals surface area contributed by atoms with Crippen molar-refractivity contribution in [2.24, 2.45) is 0 Å². The minimum atomic E-state index is -4.88. The second-order valence-electron chi connectivity index (χ2n) is 4.28. The smallest absolute Gasteiger partial charge is 0.375 e. The molecule has 11 heteroatoms. The van der Waals surface area contributed by atoms with Crippen LogP contribution in [0.15, 0.2) is 12.1 Å². The lowest BCUT2D eigenvalue weighted by molar-refractivity contribution is -0.141. The lowest BCUT2D eigenvalue weighted by atomic mass is 10.2. The Kier molecular flexibility index (Phi) is 4.50. The van der Waals surface area contributed by atoms with Gasteiger partial charge < -0.3 is 11.1 Å². The first-order chi connectivity index (χ1) is 10.6. The van der Waals surface area contributed by atoms with Gasteiger partial charge in [0, 0.05) is 6.54 Å². The monoisotopic (exact) mass is 355 g/mol. The van der Waals surface area contributed by atoms with Crippen LogP contribution in [0.2, 0.25) is 0 Å². The summed E-state index contributed by atoms with van der Waals surface area (Å²) in [5.41, 5.74) is 3.55. The van der Waals surface area contributed by atoms with Gasteiger partial charge in [0.25, 0.3) is 5.91 Å². The Morgan fingerprint density at radius 1 is 1.22 bits per heavy atom. The molecule has 1 aromatic heterocycles. The number of alkyl halides is 3. The van der Waals surface area contributed by atoms with Crippen LogP contribution >= 0.6 is 11.3 Å². The van der Waals surface area contributed by atoms with Crippen molar-refractivity contribution in [3.63, 3.8) is 0 Å². The topological polar surface area (TPSA) is 68.0 Å². The van der Waals surface area contributed by atoms with Crippen molar-refractivity contribution in [1.29, 1.82) is 0 Å². The van der Waals surface area contributed by atoms with Gasteiger partial charge >= 0.3 is 6.18 Å². The SMILES string of the molecule is Nc1nc(C(F)(F)F)c(C(=O)NCc2cc(F)c(F)c(F)c2)s1. The van der Waals surface area contributed by atoms with Crippen molar-refractivity contribution >= 4 is 22.4 Å². The van der Waals surface area contributed by atoms with Gasteiger partial charge in [-0.1, -0.05) is 11.3 Å². The van der Waals surface area contributed by atoms with Crippen molar-refractivity contribution in [1.82, 2.24) is 10.3 Å². The molecule has 0 aliphatic rings. The molecule has 2 rings (SSSR count). The van der Waals surface area contributed by atoms with Crippen LogP contribution in [0.3, 0.4) is 0 Å². The molecule has 124 valence electrons. The van der Waals surface area contributed by atoms with E-state index in [0.29, 0.717) is 23.5 Å². The zero-order valence-electron chi connectivity index (χ0n) is 11.0. The van der Waals surface area contributed by atoms with Gasteiger partial charge in [-0.3, -0.25) is 4.79 Å². The zero-order valence-corrected chi connectivity index (χ0v) is 11.8. The Morgan fingerprint density at radius 3 is 2.30 bits per heavy atom. The lowest BCUT2D eigenvalue weighted by Gasteiger charge is -2.08. The van der Waals surface area contributed by atoms with E-state index in [1.165, 1.54) is 0 Å². The summed E-state index contributed by atoms with van der Waals surface area (Å²) in [7, 11) is 0. The molecule has 0 radical (unpaired) electrons. The van der Waals surface area contributed by atoms with Gasteiger partial charge in [-0.15, -0.1) is 0 Å². The molecule has 0 saturated carbocycles. The van der Waals surface area contributed by atoms with Crippen LogP contribution in [0.1, 0.15) is 20.9 Å². The molecule has 0 fully saturated rings. The zero-order chi connectivity index (χ0) is 17.4. The van der Waals surface area contributed by atoms with E-state index < -0.39 is 51.8 Å². The number of rotatable bonds is 3. The fraction of sp³-hybridized carbons (Fsp3) is 0.167. The molecule has 1 aromatic carbocycles. The highest BCUT2D eigenvalue weighted by atomic mass is 32.1. The van der Waals surface area contributed by atoms with Gasteiger partial charge in [-0.25, -0.2) is 18.2 Å². The number of amides is 1. The third-order valence-electron chi connectivity index (χ3n) is 2.62. The molecule has 0 bridgehead atoms. The van der Waals surface area contributed by atoms with Gasteiger partial charge in [0.15, 0.2) is 28.3 Å². The van der Waals surface area contributed by atoms with Crippen LogP contribution in [0, 0.1) is 17.5 Å². The summed E-state index contributed by atoms with van der Waals surface area (Å²) in [6.45, 7) is -0.512. The molecule has 3 N–H and O–H groups in total. The Hall–Kier alpha value is -2.30. The summed E-state index contributed by atoms with van der Waals surface area (Å²) in [4.78, 5) is 14.0. The van der Waals surface area contributed by atoms with Crippen LogP contribution in [-0.4, -0.2) is 10.9 Å². The third-order valence-corrected chi connectivity index (χ3v) is 3.50. The molecule has 0 atom stereocenters. The van der Waals surface area contributed by atoms with E-state index in [1.54, 1.807) is 0 Å². The molecule has 0 spiro atoms. The summed E-state index contributed by atoms with van der Waals surface area (Å²) in [5.74, 6) is -5.81. The van der Waals surface area contributed by atoms with Gasteiger partial charge in [0.1, 0.15) is 4.88 Å². The average molecular weight is 355 g/mol. The average Bonchev–Trinajstić information content (AvgIpc) is 2.84. The van der Waals surface area contributed by atoms with Gasteiger partial charge in [0.05, 0.1) is 0 Å². The maximum Gasteiger partial charge on any atom is 0.435 e. The molecule has 0 saturated heterocycles. The largest absolute Gasteiger partial charge is 0.435 e. The Balaban J connectivity index is 2.18. The Labute approximate surface area is 128 Å². The minimum absolute atomic E-state index is 0.166. The molecule has 1 heterocycles. The molecule has 2 aromatic rings. The summed E-state index contributed by atoms with van der Waals surface area (Å²) >= 11 is 0.320. The van der Waals surface area contributed by atoms with Crippen molar-refractivity contribution < 1.29 is 31.1 Å². The maximum atomic E-state index is 13.0. The third kappa shape index (κ3) is 3.73. The van der Waals surface area contributed by atoms with E-state index in [9.17, 15) is 31.1 Å². The summed E-state index contributed by atoms with van der Waals surface area (Å²) in [5, 5.41) is 1.58. The number of carbonyl (C=O) groups excluding carboxylic acids is 1. The number of thiazole rings is 1. The van der Waals surface area contributed by atoms with Crippen molar-refractivity contribution in [3.05, 3.63) is 45.7 Å². The van der Waals surface area contributed by atoms with Crippen molar-refractivity contribution in [2.45, 2.75) is 12.7 Å². The number of halogens is 6. The van der Waals surface area contributed by atoms with Crippen LogP contribution in [0.25, 0.3) is 0 Å². The van der Waals surface area contributed by atoms with Crippen LogP contribution in [0.5, 0.6) is 0 Å². The first-order valence-corrected chi connectivity index (χ1v) is 6.66. The molecule has 4 nitrogen and oxygen atoms in total. The fourth-order valence-electron chi connectivity index (χ4n) is 1.66.